The van der Waals surface area contributed by atoms with E-state index in [4.69, 9.17) is 3.57 Å². The molecule has 1 nitrogen and oxygen atoms in total. The molecule has 0 heterocycles. The van der Waals surface area contributed by atoms with Gasteiger partial charge in [0.25, 0.3) is 0 Å². The number of hydrogen-bond donors (Lipinski definition) is 0. The fourth-order valence-electron chi connectivity index (χ4n) is 0. The van der Waals surface area contributed by atoms with Crippen LogP contribution in [0.15, 0.2) is 0 Å². The summed E-state index contributed by atoms with van der Waals surface area (Å²) >= 11 is 0.125. The van der Waals surface area contributed by atoms with Crippen LogP contribution in [0.2, 0.25) is 0 Å². The molecule has 0 atom stereocenters. The van der Waals surface area contributed by atoms with Crippen molar-refractivity contribution in [1.29, 1.82) is 0 Å². The molecule has 0 amide bonds. The summed E-state index contributed by atoms with van der Waals surface area (Å²) in [5, 5.41) is 0. The molecule has 0 saturated heterocycles. The van der Waals surface area contributed by atoms with Crippen LogP contribution in [-0.4, -0.2) is 45.6 Å². The first kappa shape index (κ1) is 47.9. The molecule has 0 aliphatic rings. The van der Waals surface area contributed by atoms with E-state index >= 15 is 0 Å². The monoisotopic (exact) mass is 302 g/mol. The van der Waals surface area contributed by atoms with E-state index in [1.165, 1.54) is 0 Å². The normalized spacial score (nSPS) is 1.80. The van der Waals surface area contributed by atoms with Crippen LogP contribution in [0.1, 0.15) is 1.43 Å². The molecule has 42 valence electrons. The van der Waals surface area contributed by atoms with Gasteiger partial charge in [0.2, 0.25) is 0 Å². The van der Waals surface area contributed by atoms with Crippen molar-refractivity contribution in [2.45, 2.75) is 0 Å². The molecule has 0 fully saturated rings. The first-order chi connectivity index (χ1) is 2.41. The predicted molar refractivity (Wildman–Crippen MR) is 24.8 cm³/mol. The van der Waals surface area contributed by atoms with Crippen molar-refractivity contribution < 1.29 is 117 Å². The van der Waals surface area contributed by atoms with Gasteiger partial charge in [-0.3, -0.25) is 0 Å². The Labute approximate surface area is 158 Å². The van der Waals surface area contributed by atoms with Crippen LogP contribution < -0.4 is 76.2 Å². The molecule has 0 unspecified atom stereocenters. The fourth-order valence-corrected chi connectivity index (χ4v) is 0. The summed E-state index contributed by atoms with van der Waals surface area (Å²) in [5.41, 5.74) is 0. The van der Waals surface area contributed by atoms with Gasteiger partial charge in [-0.15, -0.1) is 0 Å². The molecule has 6 radical (unpaired) electrons. The first-order valence-corrected chi connectivity index (χ1v) is 2.17. The average Bonchev–Trinajstić information content (AvgIpc) is 1.46. The molecular formula is HB3Cl2KMgMnOZn. The van der Waals surface area contributed by atoms with Crippen molar-refractivity contribution in [3.05, 3.63) is 0 Å². The van der Waals surface area contributed by atoms with Crippen molar-refractivity contribution in [3.8, 4) is 0 Å². The van der Waals surface area contributed by atoms with Crippen molar-refractivity contribution >= 4 is 45.6 Å². The molecule has 0 aromatic rings. The summed E-state index contributed by atoms with van der Waals surface area (Å²) in [6.07, 6.45) is 0. The average molecular weight is 304 g/mol. The van der Waals surface area contributed by atoms with Gasteiger partial charge in [0, 0.05) is 39.6 Å². The predicted octanol–water partition coefficient (Wildman–Crippen LogP) is -10.5. The maximum absolute atomic E-state index is 8.38. The van der Waals surface area contributed by atoms with E-state index in [9.17, 15) is 0 Å². The van der Waals surface area contributed by atoms with Crippen LogP contribution in [0, 0.1) is 0 Å². The van der Waals surface area contributed by atoms with E-state index in [1.807, 2.05) is 0 Å². The molecule has 0 bridgehead atoms. The molecular weight excluding hydrogens is 303 g/mol. The minimum absolute atomic E-state index is 0. The van der Waals surface area contributed by atoms with Crippen LogP contribution in [-0.2, 0) is 38.9 Å². The Morgan fingerprint density at radius 3 is 1.20 bits per heavy atom. The fraction of sp³-hybridized carbons (Fsp3) is 0. The Morgan fingerprint density at radius 1 is 1.20 bits per heavy atom. The van der Waals surface area contributed by atoms with Crippen molar-refractivity contribution in [3.63, 3.8) is 0 Å². The van der Waals surface area contributed by atoms with E-state index in [1.54, 1.807) is 0 Å². The van der Waals surface area contributed by atoms with Gasteiger partial charge in [-0.2, -0.15) is 0 Å². The molecule has 0 rings (SSSR count). The zero-order valence-electron chi connectivity index (χ0n) is 6.69. The molecule has 10 heavy (non-hydrogen) atoms. The van der Waals surface area contributed by atoms with E-state index in [2.05, 4.69) is 15.5 Å². The summed E-state index contributed by atoms with van der Waals surface area (Å²) in [5.74, 6) is 0. The molecule has 0 saturated carbocycles. The van der Waals surface area contributed by atoms with Crippen molar-refractivity contribution in [2.24, 2.45) is 0 Å². The second-order valence-corrected chi connectivity index (χ2v) is 0.192. The summed E-state index contributed by atoms with van der Waals surface area (Å²) in [4.78, 5) is 0. The third kappa shape index (κ3) is 88.3. The standard InChI is InChI=1S/B3.2ClH.K.Mg.Mn.O.Zn.H/c1-3-2;;;;;;;;/h;2*1H;;;;;;/q;;;+1;+2;;;;-1/p-2. The topological polar surface area (TPSA) is 17.1 Å². The van der Waals surface area contributed by atoms with Crippen LogP contribution in [0.25, 0.3) is 0 Å². The summed E-state index contributed by atoms with van der Waals surface area (Å²) in [6.45, 7) is 0. The number of halogens is 2. The third-order valence-electron chi connectivity index (χ3n) is 0. The molecule has 0 aromatic carbocycles. The quantitative estimate of drug-likeness (QED) is 0.406. The molecule has 0 spiro atoms. The summed E-state index contributed by atoms with van der Waals surface area (Å²) in [7, 11) is 10.0. The van der Waals surface area contributed by atoms with E-state index in [0.29, 0.717) is 0 Å². The Kier molecular flexibility index (Phi) is 352. The van der Waals surface area contributed by atoms with Crippen molar-refractivity contribution in [2.75, 3.05) is 0 Å². The summed E-state index contributed by atoms with van der Waals surface area (Å²) < 4.78 is 8.38. The van der Waals surface area contributed by atoms with Gasteiger partial charge < -0.3 is 26.2 Å². The van der Waals surface area contributed by atoms with E-state index < -0.39 is 0 Å². The van der Waals surface area contributed by atoms with Gasteiger partial charge in [-0.1, -0.05) is 0 Å². The molecule has 0 aromatic heterocycles. The Bertz CT molecular complexity index is 35.3. The van der Waals surface area contributed by atoms with E-state index in [-0.39, 0.29) is 136 Å². The van der Waals surface area contributed by atoms with Gasteiger partial charge in [0.1, 0.15) is 0 Å². The summed E-state index contributed by atoms with van der Waals surface area (Å²) in [6, 6.07) is 0. The number of hydrogen-bond acceptors (Lipinski definition) is 1. The number of rotatable bonds is 0. The molecule has 10 heteroatoms. The Balaban J connectivity index is -0.00000000181. The van der Waals surface area contributed by atoms with Gasteiger partial charge in [-0.05, 0) is 0 Å². The van der Waals surface area contributed by atoms with Crippen LogP contribution in [0.5, 0.6) is 0 Å². The van der Waals surface area contributed by atoms with Crippen LogP contribution in [0.4, 0.5) is 0 Å². The zero-order chi connectivity index (χ0) is 4.71. The molecule has 0 N–H and O–H groups in total. The maximum atomic E-state index is 8.38. The first-order valence-electron chi connectivity index (χ1n) is 0.955. The molecule has 0 aliphatic heterocycles. The van der Waals surface area contributed by atoms with Crippen LogP contribution >= 0.6 is 0 Å². The van der Waals surface area contributed by atoms with Gasteiger partial charge in [0.15, 0.2) is 0 Å². The zero-order valence-corrected chi connectivity index (χ0v) is 15.9. The second-order valence-electron chi connectivity index (χ2n) is 0.192. The minimum atomic E-state index is 0. The SMILES string of the molecule is [B][B][B].[Cl-].[Cl-].[H-].[K+].[Mg+2].[Mn].[O]=[Zn]. The van der Waals surface area contributed by atoms with Crippen molar-refractivity contribution in [1.82, 2.24) is 0 Å². The second kappa shape index (κ2) is 73.5. The van der Waals surface area contributed by atoms with Crippen LogP contribution in [0.3, 0.4) is 0 Å². The van der Waals surface area contributed by atoms with E-state index in [0.717, 1.165) is 7.06 Å². The van der Waals surface area contributed by atoms with Gasteiger partial charge >= 0.3 is 96.3 Å². The Morgan fingerprint density at radius 2 is 1.20 bits per heavy atom. The Hall–Kier alpha value is 4.12. The van der Waals surface area contributed by atoms with Gasteiger partial charge in [0.05, 0.1) is 0 Å². The molecule has 0 aliphatic carbocycles. The third-order valence-corrected chi connectivity index (χ3v) is 0. The van der Waals surface area contributed by atoms with Gasteiger partial charge in [-0.25, -0.2) is 0 Å².